The first kappa shape index (κ1) is 13.3. The van der Waals surface area contributed by atoms with Crippen LogP contribution in [0.25, 0.3) is 0 Å². The summed E-state index contributed by atoms with van der Waals surface area (Å²) in [6, 6.07) is 3.11. The Morgan fingerprint density at radius 1 is 1.31 bits per heavy atom. The largest absolute Gasteiger partial charge is 0.573 e. The lowest BCUT2D eigenvalue weighted by Crippen LogP contribution is -2.19. The Hall–Kier alpha value is -0.800. The number of hydrogen-bond acceptors (Lipinski definition) is 3. The van der Waals surface area contributed by atoms with Crippen molar-refractivity contribution in [1.82, 2.24) is 0 Å². The Morgan fingerprint density at radius 2 is 1.88 bits per heavy atom. The summed E-state index contributed by atoms with van der Waals surface area (Å²) in [7, 11) is -4.11. The van der Waals surface area contributed by atoms with Crippen molar-refractivity contribution in [3.05, 3.63) is 22.7 Å². The molecule has 0 saturated heterocycles. The van der Waals surface area contributed by atoms with Crippen LogP contribution in [-0.2, 0) is 10.0 Å². The van der Waals surface area contributed by atoms with Gasteiger partial charge < -0.3 is 4.74 Å². The van der Waals surface area contributed by atoms with Crippen LogP contribution in [0.4, 0.5) is 13.2 Å². The topological polar surface area (TPSA) is 69.4 Å². The van der Waals surface area contributed by atoms with Gasteiger partial charge in [-0.2, -0.15) is 0 Å². The Bertz CT molecular complexity index is 500. The molecule has 2 N–H and O–H groups in total. The average Bonchev–Trinajstić information content (AvgIpc) is 2.04. The van der Waals surface area contributed by atoms with Crippen LogP contribution in [0.2, 0.25) is 0 Å². The zero-order valence-electron chi connectivity index (χ0n) is 7.45. The molecule has 1 aromatic carbocycles. The second-order valence-corrected chi connectivity index (χ2v) is 4.98. The molecule has 0 aliphatic heterocycles. The minimum Gasteiger partial charge on any atom is -0.405 e. The molecule has 1 rings (SSSR count). The van der Waals surface area contributed by atoms with Gasteiger partial charge in [0.15, 0.2) is 0 Å². The van der Waals surface area contributed by atoms with Gasteiger partial charge in [0.1, 0.15) is 5.75 Å². The van der Waals surface area contributed by atoms with E-state index in [0.29, 0.717) is 0 Å². The maximum Gasteiger partial charge on any atom is 0.573 e. The lowest BCUT2D eigenvalue weighted by molar-refractivity contribution is -0.275. The molecule has 0 aliphatic carbocycles. The van der Waals surface area contributed by atoms with E-state index in [0.717, 1.165) is 18.2 Å². The minimum atomic E-state index is -4.90. The van der Waals surface area contributed by atoms with E-state index >= 15 is 0 Å². The van der Waals surface area contributed by atoms with E-state index in [9.17, 15) is 21.6 Å². The summed E-state index contributed by atoms with van der Waals surface area (Å²) in [5.41, 5.74) is 0. The van der Waals surface area contributed by atoms with Crippen LogP contribution in [0.1, 0.15) is 0 Å². The molecule has 16 heavy (non-hydrogen) atoms. The number of primary sulfonamides is 1. The fraction of sp³-hybridized carbons (Fsp3) is 0.143. The van der Waals surface area contributed by atoms with E-state index in [4.69, 9.17) is 5.14 Å². The van der Waals surface area contributed by atoms with Crippen molar-refractivity contribution in [2.24, 2.45) is 5.14 Å². The molecule has 0 radical (unpaired) electrons. The Balaban J connectivity index is 3.25. The van der Waals surface area contributed by atoms with Gasteiger partial charge >= 0.3 is 6.36 Å². The van der Waals surface area contributed by atoms with Gasteiger partial charge in [-0.3, -0.25) is 0 Å². The van der Waals surface area contributed by atoms with Crippen molar-refractivity contribution in [1.29, 1.82) is 0 Å². The number of hydrogen-bond donors (Lipinski definition) is 1. The van der Waals surface area contributed by atoms with Crippen LogP contribution < -0.4 is 9.88 Å². The van der Waals surface area contributed by atoms with Crippen molar-refractivity contribution in [2.45, 2.75) is 11.3 Å². The second-order valence-electron chi connectivity index (χ2n) is 2.66. The molecular weight excluding hydrogens is 315 g/mol. The van der Waals surface area contributed by atoms with Crippen molar-refractivity contribution in [2.75, 3.05) is 0 Å². The molecule has 9 heteroatoms. The molecule has 0 heterocycles. The molecule has 4 nitrogen and oxygen atoms in total. The number of nitrogens with two attached hydrogens (primary N) is 1. The molecule has 0 spiro atoms. The van der Waals surface area contributed by atoms with Crippen LogP contribution in [0, 0.1) is 0 Å². The van der Waals surface area contributed by atoms with Crippen molar-refractivity contribution in [3.8, 4) is 5.75 Å². The molecule has 90 valence electrons. The molecule has 0 fully saturated rings. The summed E-state index contributed by atoms with van der Waals surface area (Å²) >= 11 is 2.69. The van der Waals surface area contributed by atoms with Crippen LogP contribution >= 0.6 is 15.9 Å². The van der Waals surface area contributed by atoms with Crippen LogP contribution in [0.3, 0.4) is 0 Å². The van der Waals surface area contributed by atoms with E-state index in [2.05, 4.69) is 20.7 Å². The summed E-state index contributed by atoms with van der Waals surface area (Å²) in [6.45, 7) is 0. The average molecular weight is 320 g/mol. The minimum absolute atomic E-state index is 0.366. The maximum absolute atomic E-state index is 11.9. The zero-order chi connectivity index (χ0) is 12.6. The first-order valence-corrected chi connectivity index (χ1v) is 6.02. The molecule has 0 bridgehead atoms. The quantitative estimate of drug-likeness (QED) is 0.906. The lowest BCUT2D eigenvalue weighted by Gasteiger charge is -2.11. The monoisotopic (exact) mass is 319 g/mol. The normalized spacial score (nSPS) is 12.6. The van der Waals surface area contributed by atoms with Crippen molar-refractivity contribution >= 4 is 26.0 Å². The van der Waals surface area contributed by atoms with Gasteiger partial charge in [-0.25, -0.2) is 13.6 Å². The third kappa shape index (κ3) is 3.35. The Morgan fingerprint density at radius 3 is 2.31 bits per heavy atom. The molecule has 0 unspecified atom stereocenters. The summed E-state index contributed by atoms with van der Waals surface area (Å²) < 4.78 is 61.0. The van der Waals surface area contributed by atoms with Gasteiger partial charge in [0, 0.05) is 0 Å². The third-order valence-electron chi connectivity index (χ3n) is 1.46. The molecular formula is C7H5BrF3NO3S. The molecule has 0 saturated carbocycles. The molecule has 0 aromatic heterocycles. The van der Waals surface area contributed by atoms with Crippen molar-refractivity contribution < 1.29 is 26.3 Å². The SMILES string of the molecule is NS(=O)(=O)c1cccc(OC(F)(F)F)c1Br. The molecule has 0 atom stereocenters. The summed E-state index contributed by atoms with van der Waals surface area (Å²) in [5.74, 6) is -0.668. The summed E-state index contributed by atoms with van der Waals surface area (Å²) in [6.07, 6.45) is -4.90. The molecule has 1 aromatic rings. The van der Waals surface area contributed by atoms with E-state index in [-0.39, 0.29) is 4.47 Å². The smallest absolute Gasteiger partial charge is 0.405 e. The highest BCUT2D eigenvalue weighted by Gasteiger charge is 2.32. The van der Waals surface area contributed by atoms with Gasteiger partial charge in [0.05, 0.1) is 9.37 Å². The molecule has 0 amide bonds. The standard InChI is InChI=1S/C7H5BrF3NO3S/c8-6-4(15-7(9,10)11)2-1-3-5(6)16(12,13)14/h1-3H,(H2,12,13,14). The van der Waals surface area contributed by atoms with Gasteiger partial charge in [-0.05, 0) is 28.1 Å². The number of rotatable bonds is 2. The first-order chi connectivity index (χ1) is 7.11. The van der Waals surface area contributed by atoms with E-state index < -0.39 is 27.0 Å². The number of halogens is 4. The second kappa shape index (κ2) is 4.22. The zero-order valence-corrected chi connectivity index (χ0v) is 9.86. The van der Waals surface area contributed by atoms with Gasteiger partial charge in [-0.15, -0.1) is 13.2 Å². The predicted octanol–water partition coefficient (Wildman–Crippen LogP) is 2.00. The first-order valence-electron chi connectivity index (χ1n) is 3.68. The number of ether oxygens (including phenoxy) is 1. The van der Waals surface area contributed by atoms with E-state index in [1.165, 1.54) is 0 Å². The van der Waals surface area contributed by atoms with Crippen LogP contribution in [0.15, 0.2) is 27.6 Å². The van der Waals surface area contributed by atoms with E-state index in [1.54, 1.807) is 0 Å². The predicted molar refractivity (Wildman–Crippen MR) is 52.2 cm³/mol. The highest BCUT2D eigenvalue weighted by atomic mass is 79.9. The fourth-order valence-electron chi connectivity index (χ4n) is 0.914. The van der Waals surface area contributed by atoms with Crippen molar-refractivity contribution in [3.63, 3.8) is 0 Å². The van der Waals surface area contributed by atoms with Gasteiger partial charge in [-0.1, -0.05) is 6.07 Å². The number of alkyl halides is 3. The number of sulfonamides is 1. The van der Waals surface area contributed by atoms with Crippen LogP contribution in [-0.4, -0.2) is 14.8 Å². The van der Waals surface area contributed by atoms with Crippen LogP contribution in [0.5, 0.6) is 5.75 Å². The summed E-state index contributed by atoms with van der Waals surface area (Å²) in [4.78, 5) is -0.478. The Kier molecular flexibility index (Phi) is 3.50. The highest BCUT2D eigenvalue weighted by molar-refractivity contribution is 9.10. The van der Waals surface area contributed by atoms with E-state index in [1.807, 2.05) is 0 Å². The third-order valence-corrected chi connectivity index (χ3v) is 3.49. The lowest BCUT2D eigenvalue weighted by atomic mass is 10.3. The highest BCUT2D eigenvalue weighted by Crippen LogP contribution is 2.34. The molecule has 0 aliphatic rings. The van der Waals surface area contributed by atoms with Gasteiger partial charge in [0.2, 0.25) is 10.0 Å². The van der Waals surface area contributed by atoms with Gasteiger partial charge in [0.25, 0.3) is 0 Å². The maximum atomic E-state index is 11.9. The number of benzene rings is 1. The fourth-order valence-corrected chi connectivity index (χ4v) is 2.55. The summed E-state index contributed by atoms with van der Waals surface area (Å²) in [5, 5.41) is 4.80. The Labute approximate surface area is 97.4 Å².